The average molecular weight is 559 g/mol. The van der Waals surface area contributed by atoms with Crippen molar-refractivity contribution in [2.75, 3.05) is 23.0 Å². The molecule has 0 unspecified atom stereocenters. The molecule has 0 fully saturated rings. The van der Waals surface area contributed by atoms with Gasteiger partial charge in [-0.25, -0.2) is 0 Å². The summed E-state index contributed by atoms with van der Waals surface area (Å²) in [6, 6.07) is 25.7. The molecular formula is C30H27ClN4O3S. The summed E-state index contributed by atoms with van der Waals surface area (Å²) in [6.45, 7) is 4.09. The van der Waals surface area contributed by atoms with Crippen molar-refractivity contribution in [3.8, 4) is 11.8 Å². The Bertz CT molecular complexity index is 1480. The van der Waals surface area contributed by atoms with Gasteiger partial charge in [0.25, 0.3) is 5.91 Å². The van der Waals surface area contributed by atoms with E-state index in [0.717, 1.165) is 0 Å². The Balaban J connectivity index is 1.68. The Kier molecular flexibility index (Phi) is 9.31. The van der Waals surface area contributed by atoms with E-state index in [1.54, 1.807) is 43.3 Å². The molecule has 3 aromatic rings. The maximum atomic E-state index is 13.6. The highest BCUT2D eigenvalue weighted by atomic mass is 35.5. The van der Waals surface area contributed by atoms with Gasteiger partial charge in [-0.1, -0.05) is 65.8 Å². The van der Waals surface area contributed by atoms with Crippen LogP contribution in [0.4, 0.5) is 11.4 Å². The third-order valence-electron chi connectivity index (χ3n) is 5.91. The summed E-state index contributed by atoms with van der Waals surface area (Å²) in [6.07, 6.45) is 0. The molecule has 0 saturated carbocycles. The molecule has 1 heterocycles. The maximum Gasteiger partial charge on any atom is 0.254 e. The summed E-state index contributed by atoms with van der Waals surface area (Å²) >= 11 is 7.22. The van der Waals surface area contributed by atoms with Crippen LogP contribution in [0.1, 0.15) is 25.3 Å². The summed E-state index contributed by atoms with van der Waals surface area (Å²) in [5.41, 5.74) is 3.22. The van der Waals surface area contributed by atoms with Gasteiger partial charge in [0, 0.05) is 33.2 Å². The van der Waals surface area contributed by atoms with Gasteiger partial charge >= 0.3 is 0 Å². The van der Waals surface area contributed by atoms with Crippen LogP contribution in [-0.4, -0.2) is 24.2 Å². The maximum absolute atomic E-state index is 13.6. The van der Waals surface area contributed by atoms with E-state index in [0.29, 0.717) is 56.2 Å². The molecule has 0 spiro atoms. The molecule has 0 aromatic heterocycles. The van der Waals surface area contributed by atoms with Crippen LogP contribution in [0.15, 0.2) is 101 Å². The normalized spacial score (nSPS) is 14.8. The second-order valence-corrected chi connectivity index (χ2v) is 10.0. The Hall–Kier alpha value is -4.19. The zero-order valence-electron chi connectivity index (χ0n) is 21.5. The van der Waals surface area contributed by atoms with Crippen molar-refractivity contribution < 1.29 is 14.3 Å². The van der Waals surface area contributed by atoms with Crippen LogP contribution < -0.4 is 20.7 Å². The van der Waals surface area contributed by atoms with Gasteiger partial charge < -0.3 is 20.7 Å². The third-order valence-corrected chi connectivity index (χ3v) is 7.16. The second kappa shape index (κ2) is 13.1. The van der Waals surface area contributed by atoms with Crippen molar-refractivity contribution in [2.24, 2.45) is 0 Å². The number of carbonyl (C=O) groups is 2. The molecule has 3 aromatic carbocycles. The lowest BCUT2D eigenvalue weighted by Gasteiger charge is -2.30. The predicted octanol–water partition coefficient (Wildman–Crippen LogP) is 6.45. The lowest BCUT2D eigenvalue weighted by molar-refractivity contribution is -0.114. The Morgan fingerprint density at radius 2 is 1.74 bits per heavy atom. The number of allylic oxidation sites excluding steroid dienone is 2. The summed E-state index contributed by atoms with van der Waals surface area (Å²) in [4.78, 5) is 26.3. The highest BCUT2D eigenvalue weighted by Gasteiger charge is 2.36. The molecule has 0 aliphatic carbocycles. The predicted molar refractivity (Wildman–Crippen MR) is 156 cm³/mol. The number of hydrogen-bond acceptors (Lipinski definition) is 6. The lowest BCUT2D eigenvalue weighted by atomic mass is 9.81. The van der Waals surface area contributed by atoms with Crippen LogP contribution in [0.2, 0.25) is 5.02 Å². The number of halogens is 1. The molecule has 39 heavy (non-hydrogen) atoms. The van der Waals surface area contributed by atoms with Crippen molar-refractivity contribution in [1.82, 2.24) is 5.32 Å². The fourth-order valence-electron chi connectivity index (χ4n) is 4.27. The first-order valence-corrected chi connectivity index (χ1v) is 13.7. The van der Waals surface area contributed by atoms with Gasteiger partial charge in [0.2, 0.25) is 5.91 Å². The molecule has 1 aliphatic heterocycles. The van der Waals surface area contributed by atoms with E-state index >= 15 is 0 Å². The van der Waals surface area contributed by atoms with E-state index < -0.39 is 5.92 Å². The van der Waals surface area contributed by atoms with Crippen LogP contribution >= 0.6 is 23.4 Å². The molecule has 0 radical (unpaired) electrons. The number of hydrogen-bond donors (Lipinski definition) is 3. The minimum atomic E-state index is -0.707. The fourth-order valence-corrected chi connectivity index (χ4v) is 5.35. The number of thioether (sulfide) groups is 1. The Morgan fingerprint density at radius 1 is 1.03 bits per heavy atom. The molecule has 1 atom stereocenters. The quantitative estimate of drug-likeness (QED) is 0.279. The SMILES string of the molecule is CCOc1ccccc1[C@@H]1C(C#N)=C(SCC(=O)Nc2cccc(Cl)c2)NC(C)=C1C(=O)Nc1ccccc1. The Morgan fingerprint density at radius 3 is 2.46 bits per heavy atom. The molecule has 0 saturated heterocycles. The van der Waals surface area contributed by atoms with E-state index in [-0.39, 0.29) is 17.6 Å². The number of para-hydroxylation sites is 2. The molecule has 2 amide bonds. The molecule has 9 heteroatoms. The van der Waals surface area contributed by atoms with Crippen molar-refractivity contribution >= 4 is 46.6 Å². The number of rotatable bonds is 9. The van der Waals surface area contributed by atoms with E-state index in [2.05, 4.69) is 22.0 Å². The van der Waals surface area contributed by atoms with E-state index in [1.165, 1.54) is 11.8 Å². The first kappa shape index (κ1) is 27.8. The number of nitrogens with one attached hydrogen (secondary N) is 3. The van der Waals surface area contributed by atoms with Gasteiger partial charge in [-0.2, -0.15) is 5.26 Å². The van der Waals surface area contributed by atoms with Crippen LogP contribution in [0.25, 0.3) is 0 Å². The van der Waals surface area contributed by atoms with Crippen molar-refractivity contribution in [3.05, 3.63) is 111 Å². The number of dihydropyridines is 1. The number of nitriles is 1. The third kappa shape index (κ3) is 6.82. The molecule has 7 nitrogen and oxygen atoms in total. The van der Waals surface area contributed by atoms with Gasteiger partial charge in [-0.3, -0.25) is 9.59 Å². The van der Waals surface area contributed by atoms with E-state index in [1.807, 2.05) is 49.4 Å². The smallest absolute Gasteiger partial charge is 0.254 e. The number of anilines is 2. The van der Waals surface area contributed by atoms with Crippen molar-refractivity contribution in [3.63, 3.8) is 0 Å². The highest BCUT2D eigenvalue weighted by molar-refractivity contribution is 8.03. The number of amides is 2. The standard InChI is InChI=1S/C30H27ClN4O3S/c1-3-38-25-15-8-7-14-23(25)28-24(17-32)30(39-18-26(36)34-22-13-9-10-20(31)16-22)33-19(2)27(28)29(37)35-21-11-5-4-6-12-21/h4-16,28,33H,3,18H2,1-2H3,(H,34,36)(H,35,37)/t28-/m1/s1. The van der Waals surface area contributed by atoms with Crippen molar-refractivity contribution in [2.45, 2.75) is 19.8 Å². The van der Waals surface area contributed by atoms with E-state index in [9.17, 15) is 14.9 Å². The van der Waals surface area contributed by atoms with Gasteiger partial charge in [0.15, 0.2) is 0 Å². The molecule has 3 N–H and O–H groups in total. The Labute approximate surface area is 236 Å². The molecule has 4 rings (SSSR count). The topological polar surface area (TPSA) is 103 Å². The minimum Gasteiger partial charge on any atom is -0.494 e. The zero-order chi connectivity index (χ0) is 27.8. The number of nitrogens with zero attached hydrogens (tertiary/aromatic N) is 1. The highest BCUT2D eigenvalue weighted by Crippen LogP contribution is 2.44. The van der Waals surface area contributed by atoms with Gasteiger partial charge in [0.1, 0.15) is 5.75 Å². The van der Waals surface area contributed by atoms with Gasteiger partial charge in [-0.15, -0.1) is 0 Å². The number of ether oxygens (including phenoxy) is 1. The number of benzene rings is 3. The lowest BCUT2D eigenvalue weighted by Crippen LogP contribution is -2.31. The molecular weight excluding hydrogens is 532 g/mol. The van der Waals surface area contributed by atoms with Gasteiger partial charge in [0.05, 0.1) is 34.9 Å². The van der Waals surface area contributed by atoms with Crippen molar-refractivity contribution in [1.29, 1.82) is 5.26 Å². The van der Waals surface area contributed by atoms with Crippen LogP contribution in [0, 0.1) is 11.3 Å². The summed E-state index contributed by atoms with van der Waals surface area (Å²) in [5, 5.41) is 20.3. The van der Waals surface area contributed by atoms with Gasteiger partial charge in [-0.05, 0) is 50.2 Å². The van der Waals surface area contributed by atoms with Crippen LogP contribution in [0.5, 0.6) is 5.75 Å². The average Bonchev–Trinajstić information content (AvgIpc) is 2.92. The summed E-state index contributed by atoms with van der Waals surface area (Å²) < 4.78 is 5.89. The van der Waals surface area contributed by atoms with Crippen LogP contribution in [0.3, 0.4) is 0 Å². The molecule has 1 aliphatic rings. The number of carbonyl (C=O) groups excluding carboxylic acids is 2. The summed E-state index contributed by atoms with van der Waals surface area (Å²) in [5.74, 6) is -0.673. The van der Waals surface area contributed by atoms with Crippen LogP contribution in [-0.2, 0) is 9.59 Å². The second-order valence-electron chi connectivity index (χ2n) is 8.59. The minimum absolute atomic E-state index is 0.0404. The monoisotopic (exact) mass is 558 g/mol. The first-order chi connectivity index (χ1) is 18.9. The summed E-state index contributed by atoms with van der Waals surface area (Å²) in [7, 11) is 0. The largest absolute Gasteiger partial charge is 0.494 e. The van der Waals surface area contributed by atoms with E-state index in [4.69, 9.17) is 16.3 Å². The molecule has 0 bridgehead atoms. The fraction of sp³-hybridized carbons (Fsp3) is 0.167. The first-order valence-electron chi connectivity index (χ1n) is 12.3. The zero-order valence-corrected chi connectivity index (χ0v) is 23.0. The molecule has 198 valence electrons.